The van der Waals surface area contributed by atoms with Crippen molar-refractivity contribution in [1.29, 1.82) is 0 Å². The maximum atomic E-state index is 6.39. The molecule has 1 aromatic rings. The van der Waals surface area contributed by atoms with Crippen LogP contribution in [0.15, 0.2) is 24.3 Å². The normalized spacial score (nSPS) is 22.4. The molecule has 0 bridgehead atoms. The van der Waals surface area contributed by atoms with Gasteiger partial charge in [0.15, 0.2) is 0 Å². The van der Waals surface area contributed by atoms with Crippen LogP contribution in [0.25, 0.3) is 0 Å². The van der Waals surface area contributed by atoms with Crippen LogP contribution in [0, 0.1) is 0 Å². The average molecular weight is 263 g/mol. The molecule has 1 aliphatic rings. The highest BCUT2D eigenvalue weighted by molar-refractivity contribution is 5.38. The van der Waals surface area contributed by atoms with Gasteiger partial charge in [0.05, 0.1) is 12.1 Å². The number of rotatable bonds is 5. The van der Waals surface area contributed by atoms with Crippen molar-refractivity contribution in [3.05, 3.63) is 29.8 Å². The van der Waals surface area contributed by atoms with Gasteiger partial charge in [-0.3, -0.25) is 4.90 Å². The van der Waals surface area contributed by atoms with Crippen LogP contribution in [0.1, 0.15) is 18.0 Å². The maximum absolute atomic E-state index is 6.39. The lowest BCUT2D eigenvalue weighted by Crippen LogP contribution is -2.47. The first-order valence-electron chi connectivity index (χ1n) is 6.92. The highest BCUT2D eigenvalue weighted by Gasteiger charge is 2.30. The number of para-hydroxylation sites is 1. The van der Waals surface area contributed by atoms with Crippen LogP contribution in [0.4, 0.5) is 0 Å². The summed E-state index contributed by atoms with van der Waals surface area (Å²) in [6.45, 7) is 2.82. The summed E-state index contributed by atoms with van der Waals surface area (Å²) in [6, 6.07) is 8.38. The minimum Gasteiger partial charge on any atom is -0.492 e. The Morgan fingerprint density at radius 3 is 2.68 bits per heavy atom. The van der Waals surface area contributed by atoms with Gasteiger partial charge in [0.25, 0.3) is 0 Å². The van der Waals surface area contributed by atoms with E-state index in [9.17, 15) is 0 Å². The molecule has 0 saturated carbocycles. The highest BCUT2D eigenvalue weighted by Crippen LogP contribution is 2.31. The van der Waals surface area contributed by atoms with Crippen LogP contribution in [-0.2, 0) is 0 Å². The average Bonchev–Trinajstić information content (AvgIpc) is 2.39. The standard InChI is InChI=1S/C15H25N3O/c1-17(2)9-6-10-18(3)13-11-19-14-8-5-4-7-12(14)15(13)16/h4-5,7-8,13,15H,6,9-11,16H2,1-3H3. The van der Waals surface area contributed by atoms with Crippen LogP contribution >= 0.6 is 0 Å². The molecule has 0 aromatic heterocycles. The molecule has 0 fully saturated rings. The molecule has 19 heavy (non-hydrogen) atoms. The van der Waals surface area contributed by atoms with Crippen LogP contribution in [0.3, 0.4) is 0 Å². The quantitative estimate of drug-likeness (QED) is 0.870. The smallest absolute Gasteiger partial charge is 0.124 e. The van der Waals surface area contributed by atoms with Crippen LogP contribution in [0.2, 0.25) is 0 Å². The number of fused-ring (bicyclic) bond motifs is 1. The molecule has 4 nitrogen and oxygen atoms in total. The molecule has 0 amide bonds. The molecule has 0 spiro atoms. The first-order valence-corrected chi connectivity index (χ1v) is 6.92. The summed E-state index contributed by atoms with van der Waals surface area (Å²) in [5.41, 5.74) is 7.51. The van der Waals surface area contributed by atoms with Gasteiger partial charge in [0.2, 0.25) is 0 Å². The van der Waals surface area contributed by atoms with Gasteiger partial charge in [0.1, 0.15) is 12.4 Å². The first-order chi connectivity index (χ1) is 9.09. The lowest BCUT2D eigenvalue weighted by Gasteiger charge is -2.37. The van der Waals surface area contributed by atoms with E-state index >= 15 is 0 Å². The van der Waals surface area contributed by atoms with Crippen molar-refractivity contribution in [2.24, 2.45) is 5.73 Å². The van der Waals surface area contributed by atoms with Gasteiger partial charge in [-0.2, -0.15) is 0 Å². The van der Waals surface area contributed by atoms with Gasteiger partial charge in [-0.1, -0.05) is 18.2 Å². The van der Waals surface area contributed by atoms with E-state index in [2.05, 4.69) is 37.0 Å². The van der Waals surface area contributed by atoms with E-state index in [0.29, 0.717) is 6.61 Å². The van der Waals surface area contributed by atoms with Crippen molar-refractivity contribution in [1.82, 2.24) is 9.80 Å². The molecule has 0 saturated heterocycles. The molecule has 1 aliphatic heterocycles. The molecule has 1 aromatic carbocycles. The van der Waals surface area contributed by atoms with Crippen LogP contribution < -0.4 is 10.5 Å². The van der Waals surface area contributed by atoms with Gasteiger partial charge in [0, 0.05) is 5.56 Å². The Morgan fingerprint density at radius 1 is 1.21 bits per heavy atom. The zero-order chi connectivity index (χ0) is 13.8. The number of benzene rings is 1. The van der Waals surface area contributed by atoms with Crippen LogP contribution in [0.5, 0.6) is 5.75 Å². The summed E-state index contributed by atoms with van der Waals surface area (Å²) in [7, 11) is 6.34. The van der Waals surface area contributed by atoms with Gasteiger partial charge < -0.3 is 15.4 Å². The Labute approximate surface area is 116 Å². The molecule has 2 rings (SSSR count). The third-order valence-electron chi connectivity index (χ3n) is 3.78. The first kappa shape index (κ1) is 14.3. The van der Waals surface area contributed by atoms with Gasteiger partial charge in [-0.15, -0.1) is 0 Å². The molecule has 2 unspecified atom stereocenters. The third-order valence-corrected chi connectivity index (χ3v) is 3.78. The fourth-order valence-corrected chi connectivity index (χ4v) is 2.58. The van der Waals surface area contributed by atoms with Crippen molar-refractivity contribution in [2.75, 3.05) is 40.8 Å². The summed E-state index contributed by atoms with van der Waals surface area (Å²) in [4.78, 5) is 4.53. The van der Waals surface area contributed by atoms with E-state index in [-0.39, 0.29) is 12.1 Å². The molecular weight excluding hydrogens is 238 g/mol. The number of hydrogen-bond donors (Lipinski definition) is 1. The second-order valence-corrected chi connectivity index (χ2v) is 5.58. The van der Waals surface area contributed by atoms with E-state index in [1.54, 1.807) is 0 Å². The zero-order valence-corrected chi connectivity index (χ0v) is 12.2. The lowest BCUT2D eigenvalue weighted by molar-refractivity contribution is 0.116. The van der Waals surface area contributed by atoms with Crippen molar-refractivity contribution in [3.63, 3.8) is 0 Å². The van der Waals surface area contributed by atoms with E-state index < -0.39 is 0 Å². The Balaban J connectivity index is 1.95. The molecule has 2 atom stereocenters. The van der Waals surface area contributed by atoms with Crippen molar-refractivity contribution >= 4 is 0 Å². The maximum Gasteiger partial charge on any atom is 0.124 e. The van der Waals surface area contributed by atoms with E-state index in [0.717, 1.165) is 30.8 Å². The number of likely N-dealkylation sites (N-methyl/N-ethyl adjacent to an activating group) is 1. The molecule has 1 heterocycles. The predicted octanol–water partition coefficient (Wildman–Crippen LogP) is 1.33. The van der Waals surface area contributed by atoms with Crippen molar-refractivity contribution < 1.29 is 4.74 Å². The summed E-state index contributed by atoms with van der Waals surface area (Å²) < 4.78 is 5.82. The number of nitrogens with zero attached hydrogens (tertiary/aromatic N) is 2. The predicted molar refractivity (Wildman–Crippen MR) is 78.5 cm³/mol. The van der Waals surface area contributed by atoms with E-state index in [1.807, 2.05) is 18.2 Å². The largest absolute Gasteiger partial charge is 0.492 e. The van der Waals surface area contributed by atoms with E-state index in [4.69, 9.17) is 10.5 Å². The van der Waals surface area contributed by atoms with Crippen molar-refractivity contribution in [2.45, 2.75) is 18.5 Å². The fourth-order valence-electron chi connectivity index (χ4n) is 2.58. The summed E-state index contributed by atoms with van der Waals surface area (Å²) in [5.74, 6) is 0.938. The Bertz CT molecular complexity index is 408. The second-order valence-electron chi connectivity index (χ2n) is 5.58. The highest BCUT2D eigenvalue weighted by atomic mass is 16.5. The Hall–Kier alpha value is -1.10. The Morgan fingerprint density at radius 2 is 1.95 bits per heavy atom. The second kappa shape index (κ2) is 6.37. The van der Waals surface area contributed by atoms with Gasteiger partial charge in [-0.05, 0) is 46.7 Å². The summed E-state index contributed by atoms with van der Waals surface area (Å²) >= 11 is 0. The lowest BCUT2D eigenvalue weighted by atomic mass is 9.96. The third kappa shape index (κ3) is 3.47. The van der Waals surface area contributed by atoms with Gasteiger partial charge >= 0.3 is 0 Å². The summed E-state index contributed by atoms with van der Waals surface area (Å²) in [5, 5.41) is 0. The van der Waals surface area contributed by atoms with Crippen LogP contribution in [-0.4, -0.2) is 56.7 Å². The molecule has 106 valence electrons. The van der Waals surface area contributed by atoms with Crippen molar-refractivity contribution in [3.8, 4) is 5.75 Å². The topological polar surface area (TPSA) is 41.7 Å². The number of hydrogen-bond acceptors (Lipinski definition) is 4. The monoisotopic (exact) mass is 263 g/mol. The molecule has 0 aliphatic carbocycles. The summed E-state index contributed by atoms with van der Waals surface area (Å²) in [6.07, 6.45) is 1.15. The SMILES string of the molecule is CN(C)CCCN(C)C1COc2ccccc2C1N. The van der Waals surface area contributed by atoms with Gasteiger partial charge in [-0.25, -0.2) is 0 Å². The number of ether oxygens (including phenoxy) is 1. The molecule has 0 radical (unpaired) electrons. The number of nitrogens with two attached hydrogens (primary N) is 1. The van der Waals surface area contributed by atoms with E-state index in [1.165, 1.54) is 0 Å². The fraction of sp³-hybridized carbons (Fsp3) is 0.600. The molecule has 4 heteroatoms. The molecule has 2 N–H and O–H groups in total. The Kier molecular flexibility index (Phi) is 4.80. The molecular formula is C15H25N3O. The minimum absolute atomic E-state index is 0.0364. The zero-order valence-electron chi connectivity index (χ0n) is 12.2. The minimum atomic E-state index is 0.0364.